The lowest BCUT2D eigenvalue weighted by atomic mass is 10.1. The number of esters is 4. The predicted molar refractivity (Wildman–Crippen MR) is 306 cm³/mol. The molecule has 0 amide bonds. The van der Waals surface area contributed by atoms with Crippen LogP contribution in [0.3, 0.4) is 0 Å². The summed E-state index contributed by atoms with van der Waals surface area (Å²) in [5, 5.41) is 12.3. The zero-order valence-corrected chi connectivity index (χ0v) is 45.4. The molecule has 0 aliphatic heterocycles. The first-order valence-electron chi connectivity index (χ1n) is 28.2. The molecule has 5 rings (SSSR count). The van der Waals surface area contributed by atoms with E-state index in [-0.39, 0.29) is 23.1 Å². The number of nitrogens with zero attached hydrogens (tertiary/aromatic N) is 3. The van der Waals surface area contributed by atoms with Crippen LogP contribution in [0.2, 0.25) is 0 Å². The number of para-hydroxylation sites is 1. The topological polar surface area (TPSA) is 173 Å². The molecule has 5 aromatic carbocycles. The van der Waals surface area contributed by atoms with E-state index < -0.39 is 34.0 Å². The number of rotatable bonds is 37. The summed E-state index contributed by atoms with van der Waals surface area (Å²) >= 11 is 0. The van der Waals surface area contributed by atoms with Gasteiger partial charge in [0.15, 0.2) is 0 Å². The molecule has 0 fully saturated rings. The Labute approximate surface area is 456 Å². The standard InChI is InChI=1S/C64H79N3O10/c1-3-5-7-9-11-13-15-17-19-21-23-25-46-74-61(68)52-34-30-50(31-35-52)48-65-56-42-38-54(39-43-56)63(70)76-58-28-27-29-59(60(58)67(72)73)77-64(71)55-40-44-57(45-41-55)66-49-51-32-36-53(37-33-51)62(69)75-47-26-24-22-20-18-16-14-12-10-8-6-4-2/h27-45,48-49H,3-26,46-47H2,1-2H3. The molecular weight excluding hydrogens is 971 g/mol. The highest BCUT2D eigenvalue weighted by Gasteiger charge is 2.27. The highest BCUT2D eigenvalue weighted by molar-refractivity contribution is 5.95. The largest absolute Gasteiger partial charge is 0.462 e. The van der Waals surface area contributed by atoms with Gasteiger partial charge in [0, 0.05) is 12.4 Å². The Balaban J connectivity index is 1.01. The number of nitro groups is 1. The van der Waals surface area contributed by atoms with E-state index in [4.69, 9.17) is 18.9 Å². The fraction of sp³-hybridized carbons (Fsp3) is 0.438. The molecule has 0 unspecified atom stereocenters. The van der Waals surface area contributed by atoms with Crippen LogP contribution in [0.5, 0.6) is 11.5 Å². The van der Waals surface area contributed by atoms with E-state index in [1.54, 1.807) is 85.2 Å². The number of benzene rings is 5. The van der Waals surface area contributed by atoms with E-state index >= 15 is 0 Å². The zero-order valence-electron chi connectivity index (χ0n) is 45.4. The van der Waals surface area contributed by atoms with Crippen molar-refractivity contribution in [2.24, 2.45) is 9.98 Å². The Morgan fingerprint density at radius 1 is 0.403 bits per heavy atom. The van der Waals surface area contributed by atoms with Crippen LogP contribution in [0, 0.1) is 10.1 Å². The van der Waals surface area contributed by atoms with Crippen LogP contribution in [0.15, 0.2) is 125 Å². The van der Waals surface area contributed by atoms with Gasteiger partial charge < -0.3 is 18.9 Å². The van der Waals surface area contributed by atoms with Crippen molar-refractivity contribution in [3.63, 3.8) is 0 Å². The predicted octanol–water partition coefficient (Wildman–Crippen LogP) is 17.3. The summed E-state index contributed by atoms with van der Waals surface area (Å²) in [5.74, 6) is -3.28. The first-order valence-corrected chi connectivity index (χ1v) is 28.2. The molecule has 0 bridgehead atoms. The van der Waals surface area contributed by atoms with Crippen molar-refractivity contribution in [2.45, 2.75) is 168 Å². The number of nitro benzene ring substituents is 1. The summed E-state index contributed by atoms with van der Waals surface area (Å²) in [5.41, 5.74) is 2.98. The second-order valence-corrected chi connectivity index (χ2v) is 19.5. The number of unbranched alkanes of at least 4 members (excludes halogenated alkanes) is 22. The van der Waals surface area contributed by atoms with Crippen molar-refractivity contribution in [3.8, 4) is 11.5 Å². The minimum atomic E-state index is -0.872. The summed E-state index contributed by atoms with van der Waals surface area (Å²) < 4.78 is 21.9. The van der Waals surface area contributed by atoms with E-state index in [1.165, 1.54) is 158 Å². The zero-order chi connectivity index (χ0) is 54.7. The summed E-state index contributed by atoms with van der Waals surface area (Å²) in [6.45, 7) is 5.29. The Kier molecular flexibility index (Phi) is 28.2. The van der Waals surface area contributed by atoms with Crippen molar-refractivity contribution >= 4 is 53.4 Å². The van der Waals surface area contributed by atoms with Crippen molar-refractivity contribution in [1.82, 2.24) is 0 Å². The quantitative estimate of drug-likeness (QED) is 0.00930. The number of ether oxygens (including phenoxy) is 4. The fourth-order valence-corrected chi connectivity index (χ4v) is 8.62. The molecule has 77 heavy (non-hydrogen) atoms. The molecule has 0 aliphatic carbocycles. The first kappa shape index (κ1) is 60.6. The van der Waals surface area contributed by atoms with Gasteiger partial charge in [0.1, 0.15) is 0 Å². The lowest BCUT2D eigenvalue weighted by Gasteiger charge is -2.09. The van der Waals surface area contributed by atoms with Crippen LogP contribution >= 0.6 is 0 Å². The molecule has 0 aromatic heterocycles. The molecule has 0 aliphatic rings. The van der Waals surface area contributed by atoms with Gasteiger partial charge in [0.05, 0.1) is 51.8 Å². The molecule has 0 N–H and O–H groups in total. The molecule has 410 valence electrons. The molecule has 0 saturated heterocycles. The Bertz CT molecular complexity index is 2440. The summed E-state index contributed by atoms with van der Waals surface area (Å²) in [7, 11) is 0. The van der Waals surface area contributed by atoms with Gasteiger partial charge in [-0.15, -0.1) is 0 Å². The lowest BCUT2D eigenvalue weighted by Crippen LogP contribution is -2.12. The second-order valence-electron chi connectivity index (χ2n) is 19.5. The molecule has 13 heteroatoms. The van der Waals surface area contributed by atoms with Gasteiger partial charge in [0.25, 0.3) is 0 Å². The Hall–Kier alpha value is -7.28. The van der Waals surface area contributed by atoms with Crippen LogP contribution in [0.25, 0.3) is 0 Å². The first-order chi connectivity index (χ1) is 37.6. The maximum Gasteiger partial charge on any atom is 0.353 e. The number of hydrogen-bond acceptors (Lipinski definition) is 12. The lowest BCUT2D eigenvalue weighted by molar-refractivity contribution is -0.386. The van der Waals surface area contributed by atoms with Gasteiger partial charge in [-0.3, -0.25) is 20.1 Å². The van der Waals surface area contributed by atoms with Gasteiger partial charge in [-0.2, -0.15) is 0 Å². The molecule has 0 heterocycles. The molecule has 0 atom stereocenters. The van der Waals surface area contributed by atoms with E-state index in [1.807, 2.05) is 0 Å². The van der Waals surface area contributed by atoms with E-state index in [0.717, 1.165) is 49.7 Å². The molecular formula is C64H79N3O10. The van der Waals surface area contributed by atoms with E-state index in [2.05, 4.69) is 23.8 Å². The van der Waals surface area contributed by atoms with Crippen molar-refractivity contribution in [2.75, 3.05) is 13.2 Å². The van der Waals surface area contributed by atoms with Crippen molar-refractivity contribution in [1.29, 1.82) is 0 Å². The molecule has 0 spiro atoms. The van der Waals surface area contributed by atoms with Crippen molar-refractivity contribution in [3.05, 3.63) is 159 Å². The Morgan fingerprint density at radius 2 is 0.688 bits per heavy atom. The number of carbonyl (C=O) groups is 4. The van der Waals surface area contributed by atoms with Gasteiger partial charge in [-0.05, 0) is 109 Å². The fourth-order valence-electron chi connectivity index (χ4n) is 8.62. The summed E-state index contributed by atoms with van der Waals surface area (Å²) in [6.07, 6.45) is 33.0. The maximum atomic E-state index is 13.2. The van der Waals surface area contributed by atoms with Gasteiger partial charge in [0.2, 0.25) is 11.5 Å². The third-order valence-corrected chi connectivity index (χ3v) is 13.2. The molecule has 5 aromatic rings. The minimum absolute atomic E-state index is 0.104. The van der Waals surface area contributed by atoms with Gasteiger partial charge in [-0.1, -0.05) is 185 Å². The maximum absolute atomic E-state index is 13.2. The van der Waals surface area contributed by atoms with Crippen LogP contribution in [-0.2, 0) is 9.47 Å². The van der Waals surface area contributed by atoms with Crippen LogP contribution in [-0.4, -0.2) is 54.4 Å². The number of aliphatic imine (C=N–C) groups is 2. The third-order valence-electron chi connectivity index (χ3n) is 13.2. The minimum Gasteiger partial charge on any atom is -0.462 e. The number of hydrogen-bond donors (Lipinski definition) is 0. The summed E-state index contributed by atoms with van der Waals surface area (Å²) in [6, 6.07) is 30.0. The van der Waals surface area contributed by atoms with Crippen LogP contribution < -0.4 is 9.47 Å². The normalized spacial score (nSPS) is 11.2. The van der Waals surface area contributed by atoms with Gasteiger partial charge in [-0.25, -0.2) is 19.2 Å². The van der Waals surface area contributed by atoms with Gasteiger partial charge >= 0.3 is 29.6 Å². The van der Waals surface area contributed by atoms with E-state index in [9.17, 15) is 29.3 Å². The van der Waals surface area contributed by atoms with Crippen LogP contribution in [0.4, 0.5) is 17.1 Å². The highest BCUT2D eigenvalue weighted by Crippen LogP contribution is 2.37. The number of carbonyl (C=O) groups excluding carboxylic acids is 4. The average Bonchev–Trinajstić information content (AvgIpc) is 3.45. The summed E-state index contributed by atoms with van der Waals surface area (Å²) in [4.78, 5) is 71.9. The molecule has 0 saturated carbocycles. The monoisotopic (exact) mass is 1050 g/mol. The van der Waals surface area contributed by atoms with Crippen molar-refractivity contribution < 1.29 is 43.0 Å². The van der Waals surface area contributed by atoms with Crippen LogP contribution in [0.1, 0.15) is 221 Å². The average molecular weight is 1050 g/mol. The SMILES string of the molecule is CCCCCCCCCCCCCCOC(=O)c1ccc(C=Nc2ccc(C(=O)Oc3cccc(OC(=O)c4ccc(N=Cc5ccc(C(=O)OCCCCCCCCCCCCCC)cc5)cc4)c3[N+](=O)[O-])cc2)cc1. The smallest absolute Gasteiger partial charge is 0.353 e. The van der Waals surface area contributed by atoms with E-state index in [0.29, 0.717) is 35.7 Å². The Morgan fingerprint density at radius 3 is 1.00 bits per heavy atom. The highest BCUT2D eigenvalue weighted by atomic mass is 16.6. The second kappa shape index (κ2) is 35.9. The third kappa shape index (κ3) is 23.2. The molecule has 0 radical (unpaired) electrons. The molecule has 13 nitrogen and oxygen atoms in total.